The van der Waals surface area contributed by atoms with Crippen LogP contribution in [-0.4, -0.2) is 81.3 Å². The van der Waals surface area contributed by atoms with E-state index in [4.69, 9.17) is 18.9 Å². The van der Waals surface area contributed by atoms with E-state index in [9.17, 15) is 4.79 Å². The van der Waals surface area contributed by atoms with Crippen molar-refractivity contribution in [3.8, 4) is 0 Å². The standard InChI is InChI=1S/C24H30N2O5/c1-25-22-5-3-2-4-20(22)21-18-19(6-7-23(21)25)24(27)26-8-10-28-12-14-30-16-17-31-15-13-29-11-9-26/h2-7,18H,8-17H2,1H3. The van der Waals surface area contributed by atoms with Crippen LogP contribution in [0.2, 0.25) is 0 Å². The maximum absolute atomic E-state index is 13.3. The molecule has 1 aromatic heterocycles. The minimum atomic E-state index is -0.0150. The van der Waals surface area contributed by atoms with Gasteiger partial charge in [0, 0.05) is 47.5 Å². The van der Waals surface area contributed by atoms with E-state index in [0.29, 0.717) is 71.5 Å². The molecule has 0 saturated carbocycles. The van der Waals surface area contributed by atoms with Gasteiger partial charge in [-0.15, -0.1) is 0 Å². The van der Waals surface area contributed by atoms with Crippen molar-refractivity contribution in [3.05, 3.63) is 48.0 Å². The summed E-state index contributed by atoms with van der Waals surface area (Å²) in [4.78, 5) is 15.1. The van der Waals surface area contributed by atoms with E-state index < -0.39 is 0 Å². The molecule has 0 bridgehead atoms. The highest BCUT2D eigenvalue weighted by atomic mass is 16.6. The van der Waals surface area contributed by atoms with Gasteiger partial charge in [-0.2, -0.15) is 0 Å². The smallest absolute Gasteiger partial charge is 0.254 e. The van der Waals surface area contributed by atoms with Gasteiger partial charge in [-0.3, -0.25) is 4.79 Å². The summed E-state index contributed by atoms with van der Waals surface area (Å²) < 4.78 is 24.4. The van der Waals surface area contributed by atoms with Gasteiger partial charge in [-0.25, -0.2) is 0 Å². The van der Waals surface area contributed by atoms with E-state index >= 15 is 0 Å². The Balaban J connectivity index is 1.52. The van der Waals surface area contributed by atoms with Crippen molar-refractivity contribution in [1.29, 1.82) is 0 Å². The molecule has 2 heterocycles. The van der Waals surface area contributed by atoms with Crippen LogP contribution in [0.3, 0.4) is 0 Å². The molecule has 3 aromatic rings. The highest BCUT2D eigenvalue weighted by Gasteiger charge is 2.18. The fraction of sp³-hybridized carbons (Fsp3) is 0.458. The minimum absolute atomic E-state index is 0.0150. The van der Waals surface area contributed by atoms with Crippen LogP contribution in [0.15, 0.2) is 42.5 Å². The summed E-state index contributed by atoms with van der Waals surface area (Å²) in [6.45, 7) is 5.07. The van der Waals surface area contributed by atoms with Crippen molar-refractivity contribution in [3.63, 3.8) is 0 Å². The summed E-state index contributed by atoms with van der Waals surface area (Å²) in [7, 11) is 2.05. The molecule has 7 heteroatoms. The van der Waals surface area contributed by atoms with E-state index in [1.165, 1.54) is 0 Å². The number of fused-ring (bicyclic) bond motifs is 3. The second kappa shape index (κ2) is 10.7. The first-order valence-corrected chi connectivity index (χ1v) is 10.8. The number of hydrogen-bond donors (Lipinski definition) is 0. The monoisotopic (exact) mass is 426 g/mol. The Kier molecular flexibility index (Phi) is 7.53. The number of amides is 1. The van der Waals surface area contributed by atoms with Crippen molar-refractivity contribution in [2.45, 2.75) is 0 Å². The van der Waals surface area contributed by atoms with Crippen LogP contribution in [-0.2, 0) is 26.0 Å². The van der Waals surface area contributed by atoms with Crippen LogP contribution >= 0.6 is 0 Å². The molecule has 1 fully saturated rings. The van der Waals surface area contributed by atoms with Gasteiger partial charge in [0.15, 0.2) is 0 Å². The zero-order chi connectivity index (χ0) is 21.5. The molecule has 0 unspecified atom stereocenters. The third kappa shape index (κ3) is 5.25. The fourth-order valence-electron chi connectivity index (χ4n) is 3.91. The molecule has 0 N–H and O–H groups in total. The third-order valence-electron chi connectivity index (χ3n) is 5.57. The zero-order valence-corrected chi connectivity index (χ0v) is 18.0. The number of hydrogen-bond acceptors (Lipinski definition) is 5. The summed E-state index contributed by atoms with van der Waals surface area (Å²) in [5.41, 5.74) is 2.94. The van der Waals surface area contributed by atoms with Gasteiger partial charge < -0.3 is 28.4 Å². The van der Waals surface area contributed by atoms with Crippen molar-refractivity contribution >= 4 is 27.7 Å². The fourth-order valence-corrected chi connectivity index (χ4v) is 3.91. The van der Waals surface area contributed by atoms with Crippen molar-refractivity contribution in [1.82, 2.24) is 9.47 Å². The van der Waals surface area contributed by atoms with E-state index in [1.54, 1.807) is 4.90 Å². The number of carbonyl (C=O) groups excluding carboxylic acids is 1. The summed E-state index contributed by atoms with van der Waals surface area (Å²) in [5.74, 6) is -0.0150. The quantitative estimate of drug-likeness (QED) is 0.599. The Morgan fingerprint density at radius 1 is 0.710 bits per heavy atom. The van der Waals surface area contributed by atoms with Gasteiger partial charge in [0.1, 0.15) is 0 Å². The van der Waals surface area contributed by atoms with Gasteiger partial charge >= 0.3 is 0 Å². The first kappa shape index (κ1) is 21.8. The number of aryl methyl sites for hydroxylation is 1. The number of para-hydroxylation sites is 1. The molecule has 0 radical (unpaired) electrons. The molecule has 7 nitrogen and oxygen atoms in total. The lowest BCUT2D eigenvalue weighted by atomic mass is 10.1. The number of aromatic nitrogens is 1. The molecule has 0 spiro atoms. The predicted molar refractivity (Wildman–Crippen MR) is 120 cm³/mol. The summed E-state index contributed by atoms with van der Waals surface area (Å²) >= 11 is 0. The Labute approximate surface area is 182 Å². The molecule has 4 rings (SSSR count). The average Bonchev–Trinajstić information content (AvgIpc) is 3.08. The van der Waals surface area contributed by atoms with Crippen LogP contribution in [0, 0.1) is 0 Å². The summed E-state index contributed by atoms with van der Waals surface area (Å²) in [6, 6.07) is 14.2. The maximum atomic E-state index is 13.3. The average molecular weight is 427 g/mol. The SMILES string of the molecule is Cn1c2ccccc2c2cc(C(=O)N3CCOCCOCCOCCOCC3)ccc21. The Morgan fingerprint density at radius 2 is 1.26 bits per heavy atom. The number of nitrogens with zero attached hydrogens (tertiary/aromatic N) is 2. The molecule has 1 aliphatic rings. The summed E-state index contributed by atoms with van der Waals surface area (Å²) in [6.07, 6.45) is 0. The molecule has 1 amide bonds. The van der Waals surface area contributed by atoms with Gasteiger partial charge in [0.2, 0.25) is 0 Å². The topological polar surface area (TPSA) is 62.2 Å². The zero-order valence-electron chi connectivity index (χ0n) is 18.0. The minimum Gasteiger partial charge on any atom is -0.377 e. The molecule has 1 saturated heterocycles. The highest BCUT2D eigenvalue weighted by Crippen LogP contribution is 2.29. The number of ether oxygens (including phenoxy) is 4. The van der Waals surface area contributed by atoms with Gasteiger partial charge in [0.25, 0.3) is 5.91 Å². The molecule has 31 heavy (non-hydrogen) atoms. The first-order chi connectivity index (χ1) is 15.3. The number of rotatable bonds is 1. The Morgan fingerprint density at radius 3 is 1.90 bits per heavy atom. The van der Waals surface area contributed by atoms with E-state index in [0.717, 1.165) is 21.8 Å². The second-order valence-corrected chi connectivity index (χ2v) is 7.55. The number of carbonyl (C=O) groups is 1. The van der Waals surface area contributed by atoms with Crippen LogP contribution in [0.4, 0.5) is 0 Å². The molecular formula is C24H30N2O5. The first-order valence-electron chi connectivity index (χ1n) is 10.8. The van der Waals surface area contributed by atoms with Gasteiger partial charge in [0.05, 0.1) is 52.9 Å². The lowest BCUT2D eigenvalue weighted by Gasteiger charge is -2.23. The van der Waals surface area contributed by atoms with Crippen molar-refractivity contribution < 1.29 is 23.7 Å². The maximum Gasteiger partial charge on any atom is 0.254 e. The third-order valence-corrected chi connectivity index (χ3v) is 5.57. The highest BCUT2D eigenvalue weighted by molar-refractivity contribution is 6.10. The molecule has 0 aliphatic carbocycles. The molecule has 0 atom stereocenters. The van der Waals surface area contributed by atoms with Crippen molar-refractivity contribution in [2.24, 2.45) is 7.05 Å². The van der Waals surface area contributed by atoms with Gasteiger partial charge in [-0.1, -0.05) is 18.2 Å². The second-order valence-electron chi connectivity index (χ2n) is 7.55. The van der Waals surface area contributed by atoms with Crippen LogP contribution in [0.1, 0.15) is 10.4 Å². The Bertz CT molecular complexity index is 1000. The predicted octanol–water partition coefficient (Wildman–Crippen LogP) is 2.85. The lowest BCUT2D eigenvalue weighted by Crippen LogP contribution is -2.37. The number of benzene rings is 2. The normalized spacial score (nSPS) is 18.0. The van der Waals surface area contributed by atoms with E-state index in [2.05, 4.69) is 23.7 Å². The van der Waals surface area contributed by atoms with E-state index in [1.807, 2.05) is 30.3 Å². The molecule has 1 aliphatic heterocycles. The Hall–Kier alpha value is -2.45. The molecule has 2 aromatic carbocycles. The largest absolute Gasteiger partial charge is 0.377 e. The summed E-state index contributed by atoms with van der Waals surface area (Å²) in [5, 5.41) is 2.24. The van der Waals surface area contributed by atoms with Crippen LogP contribution in [0.5, 0.6) is 0 Å². The lowest BCUT2D eigenvalue weighted by molar-refractivity contribution is 0.00206. The van der Waals surface area contributed by atoms with Crippen molar-refractivity contribution in [2.75, 3.05) is 65.9 Å². The van der Waals surface area contributed by atoms with Crippen LogP contribution in [0.25, 0.3) is 21.8 Å². The molecule has 166 valence electrons. The van der Waals surface area contributed by atoms with E-state index in [-0.39, 0.29) is 5.91 Å². The van der Waals surface area contributed by atoms with Crippen LogP contribution < -0.4 is 0 Å². The van der Waals surface area contributed by atoms with Gasteiger partial charge in [-0.05, 0) is 24.3 Å². The molecular weight excluding hydrogens is 396 g/mol.